The Morgan fingerprint density at radius 2 is 1.68 bits per heavy atom. The smallest absolute Gasteiger partial charge is 0.406 e. The first-order valence-electron chi connectivity index (χ1n) is 5.65. The molecule has 0 radical (unpaired) electrons. The number of alkyl halides is 6. The lowest BCUT2D eigenvalue weighted by atomic mass is 10.0. The van der Waals surface area contributed by atoms with Crippen LogP contribution in [0.5, 0.6) is 5.75 Å². The molecule has 1 heterocycles. The summed E-state index contributed by atoms with van der Waals surface area (Å²) in [5.74, 6) is -0.593. The lowest BCUT2D eigenvalue weighted by Gasteiger charge is -2.14. The largest absolute Gasteiger partial charge is 0.573 e. The number of benzene rings is 1. The fourth-order valence-electron chi connectivity index (χ4n) is 1.76. The lowest BCUT2D eigenvalue weighted by molar-refractivity contribution is -0.274. The van der Waals surface area contributed by atoms with Crippen molar-refractivity contribution in [2.75, 3.05) is 0 Å². The minimum absolute atomic E-state index is 0.0469. The Bertz CT molecular complexity index is 683. The van der Waals surface area contributed by atoms with Gasteiger partial charge in [-0.1, -0.05) is 12.1 Å². The summed E-state index contributed by atoms with van der Waals surface area (Å²) < 4.78 is 79.5. The number of nitrogens with zero attached hydrogens (tertiary/aromatic N) is 1. The van der Waals surface area contributed by atoms with Gasteiger partial charge in [-0.25, -0.2) is 4.98 Å². The van der Waals surface area contributed by atoms with E-state index in [-0.39, 0.29) is 14.8 Å². The van der Waals surface area contributed by atoms with Crippen LogP contribution in [0, 0.1) is 3.70 Å². The summed E-state index contributed by atoms with van der Waals surface area (Å²) in [5.41, 5.74) is -1.34. The number of ether oxygens (including phenoxy) is 1. The summed E-state index contributed by atoms with van der Waals surface area (Å²) in [6, 6.07) is 5.51. The van der Waals surface area contributed by atoms with Crippen LogP contribution < -0.4 is 4.74 Å². The van der Waals surface area contributed by atoms with Crippen molar-refractivity contribution in [3.8, 4) is 16.9 Å². The average Bonchev–Trinajstić information content (AvgIpc) is 2.35. The molecule has 2 aromatic rings. The third-order valence-corrected chi connectivity index (χ3v) is 3.14. The van der Waals surface area contributed by atoms with Crippen molar-refractivity contribution in [3.63, 3.8) is 0 Å². The van der Waals surface area contributed by atoms with Gasteiger partial charge in [-0.2, -0.15) is 13.2 Å². The normalized spacial score (nSPS) is 12.3. The molecule has 0 N–H and O–H groups in total. The number of hydrogen-bond acceptors (Lipinski definition) is 2. The number of rotatable bonds is 2. The Kier molecular flexibility index (Phi) is 4.54. The summed E-state index contributed by atoms with van der Waals surface area (Å²) in [7, 11) is 0. The zero-order valence-electron chi connectivity index (χ0n) is 10.5. The molecule has 0 fully saturated rings. The Morgan fingerprint density at radius 1 is 1.00 bits per heavy atom. The van der Waals surface area contributed by atoms with Crippen molar-refractivity contribution in [1.82, 2.24) is 4.98 Å². The van der Waals surface area contributed by atoms with Crippen molar-refractivity contribution < 1.29 is 31.1 Å². The van der Waals surface area contributed by atoms with Gasteiger partial charge in [0.25, 0.3) is 0 Å². The molecule has 2 nitrogen and oxygen atoms in total. The Hall–Kier alpha value is -1.52. The molecule has 0 aliphatic rings. The maximum atomic E-state index is 13.0. The van der Waals surface area contributed by atoms with Crippen molar-refractivity contribution in [2.24, 2.45) is 0 Å². The molecule has 2 rings (SSSR count). The fourth-order valence-corrected chi connectivity index (χ4v) is 2.21. The van der Waals surface area contributed by atoms with Gasteiger partial charge in [0.1, 0.15) is 9.45 Å². The molecule has 0 aliphatic heterocycles. The lowest BCUT2D eigenvalue weighted by Crippen LogP contribution is -2.17. The van der Waals surface area contributed by atoms with Gasteiger partial charge in [0, 0.05) is 6.20 Å². The van der Waals surface area contributed by atoms with Crippen LogP contribution in [0.3, 0.4) is 0 Å². The molecule has 0 amide bonds. The molecule has 1 aromatic carbocycles. The zero-order chi connectivity index (χ0) is 16.5. The molecule has 0 spiro atoms. The maximum absolute atomic E-state index is 13.0. The summed E-state index contributed by atoms with van der Waals surface area (Å²) in [5, 5.41) is 0. The predicted molar refractivity (Wildman–Crippen MR) is 74.1 cm³/mol. The average molecular weight is 433 g/mol. The first-order valence-corrected chi connectivity index (χ1v) is 6.73. The monoisotopic (exact) mass is 433 g/mol. The quantitative estimate of drug-likeness (QED) is 0.366. The van der Waals surface area contributed by atoms with E-state index in [1.54, 1.807) is 22.6 Å². The number of halogens is 7. The highest BCUT2D eigenvalue weighted by Crippen LogP contribution is 2.38. The highest BCUT2D eigenvalue weighted by Gasteiger charge is 2.35. The highest BCUT2D eigenvalue weighted by molar-refractivity contribution is 14.1. The van der Waals surface area contributed by atoms with Gasteiger partial charge in [0.15, 0.2) is 0 Å². The van der Waals surface area contributed by atoms with Gasteiger partial charge in [-0.15, -0.1) is 13.2 Å². The molecule has 9 heteroatoms. The SMILES string of the molecule is FC(F)(F)Oc1cccc(-c2cc(I)ncc2C(F)(F)F)c1. The zero-order valence-corrected chi connectivity index (χ0v) is 12.6. The van der Waals surface area contributed by atoms with Crippen LogP contribution in [-0.4, -0.2) is 11.3 Å². The predicted octanol–water partition coefficient (Wildman–Crippen LogP) is 5.27. The summed E-state index contributed by atoms with van der Waals surface area (Å²) >= 11 is 1.72. The van der Waals surface area contributed by atoms with Crippen molar-refractivity contribution in [3.05, 3.63) is 45.8 Å². The Labute approximate surface area is 134 Å². The second-order valence-corrected chi connectivity index (χ2v) is 5.23. The minimum atomic E-state index is -4.92. The Morgan fingerprint density at radius 3 is 2.27 bits per heavy atom. The van der Waals surface area contributed by atoms with E-state index in [2.05, 4.69) is 9.72 Å². The third-order valence-electron chi connectivity index (χ3n) is 2.55. The second-order valence-electron chi connectivity index (χ2n) is 4.13. The topological polar surface area (TPSA) is 22.1 Å². The molecule has 0 aliphatic carbocycles. The van der Waals surface area contributed by atoms with Crippen LogP contribution in [0.25, 0.3) is 11.1 Å². The number of hydrogen-bond donors (Lipinski definition) is 0. The van der Waals surface area contributed by atoms with Crippen molar-refractivity contribution >= 4 is 22.6 Å². The van der Waals surface area contributed by atoms with Crippen LogP contribution >= 0.6 is 22.6 Å². The van der Waals surface area contributed by atoms with Crippen LogP contribution in [-0.2, 0) is 6.18 Å². The first-order chi connectivity index (χ1) is 10.1. The summed E-state index contributed by atoms with van der Waals surface area (Å²) in [4.78, 5) is 3.57. The molecule has 118 valence electrons. The van der Waals surface area contributed by atoms with Crippen molar-refractivity contribution in [2.45, 2.75) is 12.5 Å². The highest BCUT2D eigenvalue weighted by atomic mass is 127. The van der Waals surface area contributed by atoms with Crippen LogP contribution in [0.1, 0.15) is 5.56 Å². The van der Waals surface area contributed by atoms with E-state index in [1.807, 2.05) is 0 Å². The van der Waals surface area contributed by atoms with E-state index >= 15 is 0 Å². The summed E-state index contributed by atoms with van der Waals surface area (Å²) in [6.45, 7) is 0. The molecule has 0 atom stereocenters. The van der Waals surface area contributed by atoms with Crippen LogP contribution in [0.4, 0.5) is 26.3 Å². The minimum Gasteiger partial charge on any atom is -0.406 e. The van der Waals surface area contributed by atoms with Crippen LogP contribution in [0.2, 0.25) is 0 Å². The standard InChI is InChI=1S/C13H6F6INO/c14-12(15,16)10-6-21-11(20)5-9(10)7-2-1-3-8(4-7)22-13(17,18)19/h1-6H. The molecule has 0 saturated carbocycles. The number of aromatic nitrogens is 1. The molecule has 22 heavy (non-hydrogen) atoms. The molecular formula is C13H6F6INO. The first kappa shape index (κ1) is 16.8. The molecule has 0 bridgehead atoms. The van der Waals surface area contributed by atoms with Crippen LogP contribution in [0.15, 0.2) is 36.5 Å². The number of pyridine rings is 1. The molecular weight excluding hydrogens is 427 g/mol. The van der Waals surface area contributed by atoms with Crippen molar-refractivity contribution in [1.29, 1.82) is 0 Å². The van der Waals surface area contributed by atoms with E-state index in [4.69, 9.17) is 0 Å². The Balaban J connectivity index is 2.52. The second kappa shape index (κ2) is 5.94. The molecule has 0 saturated heterocycles. The van der Waals surface area contributed by atoms with E-state index in [9.17, 15) is 26.3 Å². The van der Waals surface area contributed by atoms with Gasteiger partial charge >= 0.3 is 12.5 Å². The van der Waals surface area contributed by atoms with Gasteiger partial charge in [0.2, 0.25) is 0 Å². The van der Waals surface area contributed by atoms with E-state index in [0.717, 1.165) is 18.2 Å². The summed E-state index contributed by atoms with van der Waals surface area (Å²) in [6.07, 6.45) is -8.94. The van der Waals surface area contributed by atoms with E-state index in [0.29, 0.717) is 6.20 Å². The van der Waals surface area contributed by atoms with Gasteiger partial charge in [-0.3, -0.25) is 0 Å². The fraction of sp³-hybridized carbons (Fsp3) is 0.154. The van der Waals surface area contributed by atoms with Gasteiger partial charge in [0.05, 0.1) is 5.56 Å². The third kappa shape index (κ3) is 4.24. The molecule has 1 aromatic heterocycles. The van der Waals surface area contributed by atoms with Gasteiger partial charge < -0.3 is 4.74 Å². The van der Waals surface area contributed by atoms with E-state index < -0.39 is 23.9 Å². The maximum Gasteiger partial charge on any atom is 0.573 e. The van der Waals surface area contributed by atoms with E-state index in [1.165, 1.54) is 12.1 Å². The molecule has 0 unspecified atom stereocenters. The van der Waals surface area contributed by atoms with Gasteiger partial charge in [-0.05, 0) is 51.9 Å².